The molecule has 0 spiro atoms. The maximum Gasteiger partial charge on any atom is 0.317 e. The molecule has 1 aromatic carbocycles. The Balaban J connectivity index is 1.93. The first-order valence-corrected chi connectivity index (χ1v) is 8.99. The van der Waals surface area contributed by atoms with E-state index in [1.54, 1.807) is 12.1 Å². The van der Waals surface area contributed by atoms with E-state index in [1.807, 2.05) is 4.90 Å². The molecular formula is C15H23N3O3S. The summed E-state index contributed by atoms with van der Waals surface area (Å²) in [6, 6.07) is 6.72. The third-order valence-corrected chi connectivity index (χ3v) is 5.44. The first-order chi connectivity index (χ1) is 10.4. The second-order valence-corrected chi connectivity index (χ2v) is 7.43. The third kappa shape index (κ3) is 3.98. The van der Waals surface area contributed by atoms with Crippen molar-refractivity contribution in [3.8, 4) is 0 Å². The van der Waals surface area contributed by atoms with Crippen molar-refractivity contribution in [2.75, 3.05) is 13.6 Å². The predicted molar refractivity (Wildman–Crippen MR) is 84.9 cm³/mol. The molecule has 0 aromatic heterocycles. The number of carbonyl (C=O) groups is 1. The largest absolute Gasteiger partial charge is 0.334 e. The van der Waals surface area contributed by atoms with Crippen LogP contribution in [0.25, 0.3) is 0 Å². The van der Waals surface area contributed by atoms with Gasteiger partial charge >= 0.3 is 6.03 Å². The number of carbonyl (C=O) groups excluding carboxylic acids is 1. The molecule has 1 fully saturated rings. The van der Waals surface area contributed by atoms with Crippen LogP contribution in [0.2, 0.25) is 0 Å². The summed E-state index contributed by atoms with van der Waals surface area (Å²) >= 11 is 0. The minimum Gasteiger partial charge on any atom is -0.334 e. The zero-order valence-electron chi connectivity index (χ0n) is 13.0. The van der Waals surface area contributed by atoms with Gasteiger partial charge in [0.15, 0.2) is 0 Å². The summed E-state index contributed by atoms with van der Waals surface area (Å²) in [5, 5.41) is 2.89. The van der Waals surface area contributed by atoms with Crippen LogP contribution in [0.3, 0.4) is 0 Å². The lowest BCUT2D eigenvalue weighted by Gasteiger charge is -2.33. The molecule has 122 valence electrons. The summed E-state index contributed by atoms with van der Waals surface area (Å²) in [5.41, 5.74) is 0.869. The molecule has 0 aliphatic carbocycles. The van der Waals surface area contributed by atoms with E-state index >= 15 is 0 Å². The van der Waals surface area contributed by atoms with Gasteiger partial charge in [0.25, 0.3) is 0 Å². The fourth-order valence-electron chi connectivity index (χ4n) is 2.58. The van der Waals surface area contributed by atoms with Crippen molar-refractivity contribution in [2.24, 2.45) is 0 Å². The monoisotopic (exact) mass is 325 g/mol. The minimum absolute atomic E-state index is 0.0564. The predicted octanol–water partition coefficient (Wildman–Crippen LogP) is 1.68. The molecule has 0 unspecified atom stereocenters. The topological polar surface area (TPSA) is 78.5 Å². The SMILES string of the molecule is CNS(=O)(=O)c1ccc(CNC(=O)N2CCCC[C@H]2C)cc1. The Hall–Kier alpha value is -1.60. The highest BCUT2D eigenvalue weighted by Gasteiger charge is 2.22. The molecule has 2 rings (SSSR count). The average Bonchev–Trinajstić information content (AvgIpc) is 2.53. The van der Waals surface area contributed by atoms with E-state index in [0.717, 1.165) is 24.9 Å². The Kier molecular flexibility index (Phi) is 5.42. The highest BCUT2D eigenvalue weighted by atomic mass is 32.2. The van der Waals surface area contributed by atoms with Crippen molar-refractivity contribution in [2.45, 2.75) is 43.7 Å². The average molecular weight is 325 g/mol. The first-order valence-electron chi connectivity index (χ1n) is 7.51. The smallest absolute Gasteiger partial charge is 0.317 e. The van der Waals surface area contributed by atoms with Crippen LogP contribution < -0.4 is 10.0 Å². The number of likely N-dealkylation sites (tertiary alicyclic amines) is 1. The van der Waals surface area contributed by atoms with Crippen LogP contribution >= 0.6 is 0 Å². The Morgan fingerprint density at radius 2 is 1.95 bits per heavy atom. The summed E-state index contributed by atoms with van der Waals surface area (Å²) in [5.74, 6) is 0. The lowest BCUT2D eigenvalue weighted by Crippen LogP contribution is -2.47. The first kappa shape index (κ1) is 16.8. The molecule has 2 N–H and O–H groups in total. The van der Waals surface area contributed by atoms with Crippen molar-refractivity contribution in [1.82, 2.24) is 14.9 Å². The van der Waals surface area contributed by atoms with Gasteiger partial charge < -0.3 is 10.2 Å². The molecule has 0 radical (unpaired) electrons. The van der Waals surface area contributed by atoms with Gasteiger partial charge in [-0.3, -0.25) is 0 Å². The van der Waals surface area contributed by atoms with E-state index in [0.29, 0.717) is 6.54 Å². The molecule has 7 heteroatoms. The standard InChI is InChI=1S/C15H23N3O3S/c1-12-5-3-4-10-18(12)15(19)17-11-13-6-8-14(9-7-13)22(20,21)16-2/h6-9,12,16H,3-5,10-11H2,1-2H3,(H,17,19)/t12-/m1/s1. The summed E-state index contributed by atoms with van der Waals surface area (Å²) in [6.45, 7) is 3.25. The minimum atomic E-state index is -3.42. The molecule has 2 amide bonds. The van der Waals surface area contributed by atoms with Crippen molar-refractivity contribution in [3.63, 3.8) is 0 Å². The number of amides is 2. The van der Waals surface area contributed by atoms with Crippen LogP contribution in [-0.4, -0.2) is 39.0 Å². The summed E-state index contributed by atoms with van der Waals surface area (Å²) in [4.78, 5) is 14.2. The van der Waals surface area contributed by atoms with Gasteiger partial charge in [-0.1, -0.05) is 12.1 Å². The van der Waals surface area contributed by atoms with Crippen LogP contribution in [0.4, 0.5) is 4.79 Å². The molecule has 1 heterocycles. The number of piperidine rings is 1. The number of benzene rings is 1. The van der Waals surface area contributed by atoms with Gasteiger partial charge in [0.2, 0.25) is 10.0 Å². The lowest BCUT2D eigenvalue weighted by atomic mass is 10.0. The summed E-state index contributed by atoms with van der Waals surface area (Å²) in [6.07, 6.45) is 3.27. The molecule has 0 saturated carbocycles. The fourth-order valence-corrected chi connectivity index (χ4v) is 3.31. The van der Waals surface area contributed by atoms with Gasteiger partial charge in [-0.25, -0.2) is 17.9 Å². The van der Waals surface area contributed by atoms with Crippen molar-refractivity contribution < 1.29 is 13.2 Å². The molecule has 1 aliphatic rings. The molecule has 6 nitrogen and oxygen atoms in total. The maximum absolute atomic E-state index is 12.2. The molecule has 1 saturated heterocycles. The quantitative estimate of drug-likeness (QED) is 0.884. The summed E-state index contributed by atoms with van der Waals surface area (Å²) in [7, 11) is -2.04. The van der Waals surface area contributed by atoms with Crippen LogP contribution in [0.15, 0.2) is 29.2 Å². The van der Waals surface area contributed by atoms with Gasteiger partial charge in [0.1, 0.15) is 0 Å². The van der Waals surface area contributed by atoms with Crippen LogP contribution in [0.1, 0.15) is 31.7 Å². The van der Waals surface area contributed by atoms with E-state index in [1.165, 1.54) is 25.6 Å². The molecule has 1 aliphatic heterocycles. The number of urea groups is 1. The van der Waals surface area contributed by atoms with E-state index in [2.05, 4.69) is 17.0 Å². The van der Waals surface area contributed by atoms with E-state index in [-0.39, 0.29) is 17.0 Å². The number of sulfonamides is 1. The molecule has 22 heavy (non-hydrogen) atoms. The van der Waals surface area contributed by atoms with E-state index in [4.69, 9.17) is 0 Å². The molecule has 0 bridgehead atoms. The number of hydrogen-bond donors (Lipinski definition) is 2. The number of hydrogen-bond acceptors (Lipinski definition) is 3. The molecule has 1 aromatic rings. The van der Waals surface area contributed by atoms with Crippen LogP contribution in [0, 0.1) is 0 Å². The second-order valence-electron chi connectivity index (χ2n) is 5.55. The zero-order chi connectivity index (χ0) is 16.2. The van der Waals surface area contributed by atoms with Crippen molar-refractivity contribution in [3.05, 3.63) is 29.8 Å². The Bertz CT molecular complexity index is 613. The second kappa shape index (κ2) is 7.11. The fraction of sp³-hybridized carbons (Fsp3) is 0.533. The zero-order valence-corrected chi connectivity index (χ0v) is 13.8. The van der Waals surface area contributed by atoms with Gasteiger partial charge in [-0.2, -0.15) is 0 Å². The lowest BCUT2D eigenvalue weighted by molar-refractivity contribution is 0.158. The van der Waals surface area contributed by atoms with Crippen molar-refractivity contribution in [1.29, 1.82) is 0 Å². The molecular weight excluding hydrogens is 302 g/mol. The Morgan fingerprint density at radius 1 is 1.27 bits per heavy atom. The van der Waals surface area contributed by atoms with Crippen molar-refractivity contribution >= 4 is 16.1 Å². The van der Waals surface area contributed by atoms with Crippen LogP contribution in [-0.2, 0) is 16.6 Å². The van der Waals surface area contributed by atoms with Gasteiger partial charge in [-0.15, -0.1) is 0 Å². The van der Waals surface area contributed by atoms with Gasteiger partial charge in [0, 0.05) is 19.1 Å². The van der Waals surface area contributed by atoms with E-state index < -0.39 is 10.0 Å². The highest BCUT2D eigenvalue weighted by molar-refractivity contribution is 7.89. The molecule has 1 atom stereocenters. The normalized spacial score (nSPS) is 19.0. The maximum atomic E-state index is 12.2. The summed E-state index contributed by atoms with van der Waals surface area (Å²) < 4.78 is 25.5. The van der Waals surface area contributed by atoms with Crippen LogP contribution in [0.5, 0.6) is 0 Å². The number of nitrogens with zero attached hydrogens (tertiary/aromatic N) is 1. The Morgan fingerprint density at radius 3 is 2.55 bits per heavy atom. The number of nitrogens with one attached hydrogen (secondary N) is 2. The third-order valence-electron chi connectivity index (χ3n) is 4.01. The van der Waals surface area contributed by atoms with E-state index in [9.17, 15) is 13.2 Å². The Labute approximate surface area is 131 Å². The van der Waals surface area contributed by atoms with Gasteiger partial charge in [-0.05, 0) is 50.9 Å². The number of rotatable bonds is 4. The van der Waals surface area contributed by atoms with Gasteiger partial charge in [0.05, 0.1) is 4.90 Å². The highest BCUT2D eigenvalue weighted by Crippen LogP contribution is 2.16.